The number of hydrogen-bond acceptors (Lipinski definition) is 3. The van der Waals surface area contributed by atoms with Crippen molar-refractivity contribution in [3.05, 3.63) is 59.9 Å². The first-order valence-corrected chi connectivity index (χ1v) is 6.33. The Bertz CT molecular complexity index is 671. The third-order valence-corrected chi connectivity index (χ3v) is 3.26. The number of ether oxygens (including phenoxy) is 1. The van der Waals surface area contributed by atoms with Crippen molar-refractivity contribution in [3.63, 3.8) is 0 Å². The molecule has 2 aromatic carbocycles. The van der Waals surface area contributed by atoms with Crippen molar-refractivity contribution in [2.45, 2.75) is 12.8 Å². The molecule has 0 saturated heterocycles. The quantitative estimate of drug-likeness (QED) is 0.712. The monoisotopic (exact) mass is 253 g/mol. The summed E-state index contributed by atoms with van der Waals surface area (Å²) in [5.74, 6) is 1.83. The van der Waals surface area contributed by atoms with Crippen molar-refractivity contribution >= 4 is 10.9 Å². The van der Waals surface area contributed by atoms with E-state index < -0.39 is 0 Å². The lowest BCUT2D eigenvalue weighted by Crippen LogP contribution is -1.91. The fourth-order valence-corrected chi connectivity index (χ4v) is 2.17. The summed E-state index contributed by atoms with van der Waals surface area (Å²) in [5.41, 5.74) is 2.19. The second-order valence-corrected chi connectivity index (χ2v) is 4.47. The minimum atomic E-state index is 0.854. The second-order valence-electron chi connectivity index (χ2n) is 4.47. The molecule has 0 unspecified atom stereocenters. The largest absolute Gasteiger partial charge is 0.497 e. The Labute approximate surface area is 111 Å². The number of benzene rings is 2. The topological polar surface area (TPSA) is 35.3 Å². The van der Waals surface area contributed by atoms with E-state index in [0.29, 0.717) is 0 Å². The van der Waals surface area contributed by atoms with E-state index in [2.05, 4.69) is 23.4 Å². The normalized spacial score (nSPS) is 10.8. The Balaban J connectivity index is 1.74. The standard InChI is InChI=1S/C16H15NO2/c1-18-13-9-6-12(7-10-13)8-11-16-14-4-2-3-5-15(14)17-19-16/h2-7,9-10H,8,11H2,1H3. The van der Waals surface area contributed by atoms with Gasteiger partial charge in [-0.25, -0.2) is 0 Å². The molecular weight excluding hydrogens is 238 g/mol. The van der Waals surface area contributed by atoms with Crippen LogP contribution in [0, 0.1) is 0 Å². The molecule has 0 aliphatic heterocycles. The maximum absolute atomic E-state index is 5.41. The summed E-state index contributed by atoms with van der Waals surface area (Å²) in [4.78, 5) is 0. The Kier molecular flexibility index (Phi) is 3.19. The molecule has 3 heteroatoms. The fraction of sp³-hybridized carbons (Fsp3) is 0.188. The minimum Gasteiger partial charge on any atom is -0.497 e. The van der Waals surface area contributed by atoms with Crippen molar-refractivity contribution in [1.29, 1.82) is 0 Å². The van der Waals surface area contributed by atoms with E-state index in [4.69, 9.17) is 9.26 Å². The fourth-order valence-electron chi connectivity index (χ4n) is 2.17. The van der Waals surface area contributed by atoms with Crippen LogP contribution in [0.25, 0.3) is 10.9 Å². The molecule has 0 saturated carbocycles. The molecule has 3 rings (SSSR count). The van der Waals surface area contributed by atoms with Crippen LogP contribution >= 0.6 is 0 Å². The van der Waals surface area contributed by atoms with E-state index in [1.807, 2.05) is 30.3 Å². The smallest absolute Gasteiger partial charge is 0.144 e. The van der Waals surface area contributed by atoms with E-state index in [1.165, 1.54) is 5.56 Å². The highest BCUT2D eigenvalue weighted by Crippen LogP contribution is 2.20. The second kappa shape index (κ2) is 5.14. The number of fused-ring (bicyclic) bond motifs is 1. The molecule has 0 atom stereocenters. The maximum Gasteiger partial charge on any atom is 0.144 e. The Morgan fingerprint density at radius 1 is 1.00 bits per heavy atom. The van der Waals surface area contributed by atoms with Gasteiger partial charge in [0.1, 0.15) is 17.0 Å². The lowest BCUT2D eigenvalue weighted by molar-refractivity contribution is 0.391. The molecule has 0 fully saturated rings. The molecule has 19 heavy (non-hydrogen) atoms. The zero-order valence-corrected chi connectivity index (χ0v) is 10.8. The number of nitrogens with zero attached hydrogens (tertiary/aromatic N) is 1. The van der Waals surface area contributed by atoms with Crippen LogP contribution < -0.4 is 4.74 Å². The lowest BCUT2D eigenvalue weighted by Gasteiger charge is -2.02. The maximum atomic E-state index is 5.41. The molecular formula is C16H15NO2. The predicted octanol–water partition coefficient (Wildman–Crippen LogP) is 3.62. The highest BCUT2D eigenvalue weighted by molar-refractivity contribution is 5.80. The molecule has 0 aliphatic rings. The molecule has 1 heterocycles. The van der Waals surface area contributed by atoms with Crippen molar-refractivity contribution < 1.29 is 9.26 Å². The highest BCUT2D eigenvalue weighted by atomic mass is 16.5. The van der Waals surface area contributed by atoms with Crippen molar-refractivity contribution in [2.75, 3.05) is 7.11 Å². The van der Waals surface area contributed by atoms with Gasteiger partial charge < -0.3 is 9.26 Å². The summed E-state index contributed by atoms with van der Waals surface area (Å²) in [7, 11) is 1.68. The first-order chi connectivity index (χ1) is 9.36. The van der Waals surface area contributed by atoms with E-state index in [0.717, 1.165) is 35.3 Å². The molecule has 0 radical (unpaired) electrons. The van der Waals surface area contributed by atoms with E-state index in [1.54, 1.807) is 7.11 Å². The van der Waals surface area contributed by atoms with Crippen LogP contribution in [0.15, 0.2) is 53.1 Å². The Morgan fingerprint density at radius 3 is 2.58 bits per heavy atom. The van der Waals surface area contributed by atoms with Gasteiger partial charge in [0.2, 0.25) is 0 Å². The lowest BCUT2D eigenvalue weighted by atomic mass is 10.1. The Morgan fingerprint density at radius 2 is 1.79 bits per heavy atom. The zero-order chi connectivity index (χ0) is 13.1. The number of hydrogen-bond donors (Lipinski definition) is 0. The van der Waals surface area contributed by atoms with Crippen LogP contribution in [0.3, 0.4) is 0 Å². The van der Waals surface area contributed by atoms with Crippen molar-refractivity contribution in [1.82, 2.24) is 5.16 Å². The summed E-state index contributed by atoms with van der Waals surface area (Å²) < 4.78 is 10.6. The van der Waals surface area contributed by atoms with Gasteiger partial charge in [0.05, 0.1) is 7.11 Å². The molecule has 3 nitrogen and oxygen atoms in total. The van der Waals surface area contributed by atoms with Crippen molar-refractivity contribution in [3.8, 4) is 5.75 Å². The zero-order valence-electron chi connectivity index (χ0n) is 10.8. The van der Waals surface area contributed by atoms with Gasteiger partial charge in [0, 0.05) is 11.8 Å². The summed E-state index contributed by atoms with van der Waals surface area (Å²) in [6, 6.07) is 16.1. The number of aryl methyl sites for hydroxylation is 2. The van der Waals surface area contributed by atoms with Gasteiger partial charge >= 0.3 is 0 Å². The molecule has 0 amide bonds. The van der Waals surface area contributed by atoms with Gasteiger partial charge in [-0.05, 0) is 36.2 Å². The average molecular weight is 253 g/mol. The van der Waals surface area contributed by atoms with Gasteiger partial charge in [0.15, 0.2) is 0 Å². The molecule has 1 aromatic heterocycles. The number of rotatable bonds is 4. The third kappa shape index (κ3) is 2.45. The molecule has 0 aliphatic carbocycles. The van der Waals surface area contributed by atoms with Gasteiger partial charge in [-0.15, -0.1) is 0 Å². The van der Waals surface area contributed by atoms with Gasteiger partial charge in [0.25, 0.3) is 0 Å². The van der Waals surface area contributed by atoms with E-state index in [-0.39, 0.29) is 0 Å². The first kappa shape index (κ1) is 11.8. The molecule has 96 valence electrons. The third-order valence-electron chi connectivity index (χ3n) is 3.26. The van der Waals surface area contributed by atoms with Gasteiger partial charge in [-0.3, -0.25) is 0 Å². The van der Waals surface area contributed by atoms with Crippen LogP contribution in [0.4, 0.5) is 0 Å². The average Bonchev–Trinajstić information content (AvgIpc) is 2.89. The Hall–Kier alpha value is -2.29. The van der Waals surface area contributed by atoms with Crippen LogP contribution in [-0.4, -0.2) is 12.3 Å². The van der Waals surface area contributed by atoms with Crippen LogP contribution in [0.5, 0.6) is 5.75 Å². The molecule has 0 N–H and O–H groups in total. The van der Waals surface area contributed by atoms with Crippen LogP contribution in [0.1, 0.15) is 11.3 Å². The van der Waals surface area contributed by atoms with Crippen LogP contribution in [-0.2, 0) is 12.8 Å². The SMILES string of the molecule is COc1ccc(CCc2onc3ccccc23)cc1. The first-order valence-electron chi connectivity index (χ1n) is 6.33. The molecule has 0 bridgehead atoms. The summed E-state index contributed by atoms with van der Waals surface area (Å²) in [6.45, 7) is 0. The van der Waals surface area contributed by atoms with Gasteiger partial charge in [-0.1, -0.05) is 29.4 Å². The number of methoxy groups -OCH3 is 1. The van der Waals surface area contributed by atoms with E-state index in [9.17, 15) is 0 Å². The molecule has 3 aromatic rings. The predicted molar refractivity (Wildman–Crippen MR) is 74.4 cm³/mol. The van der Waals surface area contributed by atoms with Gasteiger partial charge in [-0.2, -0.15) is 0 Å². The summed E-state index contributed by atoms with van der Waals surface area (Å²) in [6.07, 6.45) is 1.79. The minimum absolute atomic E-state index is 0.854. The number of aromatic nitrogens is 1. The summed E-state index contributed by atoms with van der Waals surface area (Å²) in [5, 5.41) is 5.17. The van der Waals surface area contributed by atoms with E-state index >= 15 is 0 Å². The molecule has 0 spiro atoms. The highest BCUT2D eigenvalue weighted by Gasteiger charge is 2.07. The summed E-state index contributed by atoms with van der Waals surface area (Å²) >= 11 is 0. The van der Waals surface area contributed by atoms with Crippen molar-refractivity contribution in [2.24, 2.45) is 0 Å². The van der Waals surface area contributed by atoms with Crippen LogP contribution in [0.2, 0.25) is 0 Å².